The minimum Gasteiger partial charge on any atom is -0.548 e. The lowest BCUT2D eigenvalue weighted by molar-refractivity contribution is -0.309. The van der Waals surface area contributed by atoms with Crippen LogP contribution in [0.4, 0.5) is 0 Å². The summed E-state index contributed by atoms with van der Waals surface area (Å²) in [6.07, 6.45) is 0. The van der Waals surface area contributed by atoms with Gasteiger partial charge in [-0.2, -0.15) is 0 Å². The molecule has 6 heteroatoms. The van der Waals surface area contributed by atoms with Crippen molar-refractivity contribution in [2.24, 2.45) is 0 Å². The summed E-state index contributed by atoms with van der Waals surface area (Å²) >= 11 is 5.97. The molecule has 0 N–H and O–H groups in total. The Bertz CT molecular complexity index is 237. The predicted octanol–water partition coefficient (Wildman–Crippen LogP) is -1.01. The van der Waals surface area contributed by atoms with E-state index in [9.17, 15) is 14.7 Å². The van der Waals surface area contributed by atoms with E-state index in [2.05, 4.69) is 0 Å². The molecule has 1 amide bonds. The molecule has 0 saturated carbocycles. The van der Waals surface area contributed by atoms with Crippen LogP contribution in [0.2, 0.25) is 0 Å². The first-order chi connectivity index (χ1) is 5.54. The molecule has 0 aromatic heterocycles. The predicted molar refractivity (Wildman–Crippen MR) is 46.4 cm³/mol. The second-order valence-corrected chi connectivity index (χ2v) is 3.92. The second kappa shape index (κ2) is 3.40. The summed E-state index contributed by atoms with van der Waals surface area (Å²) in [5.74, 6) is -1.31. The van der Waals surface area contributed by atoms with Crippen molar-refractivity contribution in [2.45, 2.75) is 13.0 Å². The van der Waals surface area contributed by atoms with E-state index in [1.807, 2.05) is 0 Å². The smallest absolute Gasteiger partial charge is 0.239 e. The Kier molecular flexibility index (Phi) is 2.69. The largest absolute Gasteiger partial charge is 0.548 e. The van der Waals surface area contributed by atoms with E-state index >= 15 is 0 Å². The molecule has 0 aromatic rings. The van der Waals surface area contributed by atoms with Crippen molar-refractivity contribution in [3.8, 4) is 0 Å². The fraction of sp³-hybridized carbons (Fsp3) is 0.500. The van der Waals surface area contributed by atoms with E-state index < -0.39 is 12.0 Å². The van der Waals surface area contributed by atoms with E-state index in [0.717, 1.165) is 4.90 Å². The van der Waals surface area contributed by atoms with Crippen LogP contribution in [0.1, 0.15) is 6.92 Å². The highest BCUT2D eigenvalue weighted by Crippen LogP contribution is 2.21. The number of hydrogen-bond acceptors (Lipinski definition) is 5. The average molecular weight is 204 g/mol. The van der Waals surface area contributed by atoms with Gasteiger partial charge in [-0.15, -0.1) is 0 Å². The summed E-state index contributed by atoms with van der Waals surface area (Å²) in [5.41, 5.74) is 0. The van der Waals surface area contributed by atoms with Crippen molar-refractivity contribution < 1.29 is 14.7 Å². The molecule has 4 nitrogen and oxygen atoms in total. The third kappa shape index (κ3) is 1.59. The molecule has 1 saturated heterocycles. The molecule has 0 radical (unpaired) electrons. The Morgan fingerprint density at radius 3 is 2.75 bits per heavy atom. The molecule has 66 valence electrons. The SMILES string of the molecule is C[C@@H](C(=O)[O-])N1C(=O)CSC1=S. The Balaban J connectivity index is 2.79. The van der Waals surface area contributed by atoms with Crippen molar-refractivity contribution >= 4 is 40.2 Å². The van der Waals surface area contributed by atoms with Crippen LogP contribution >= 0.6 is 24.0 Å². The third-order valence-corrected chi connectivity index (χ3v) is 2.90. The Morgan fingerprint density at radius 1 is 1.83 bits per heavy atom. The molecule has 12 heavy (non-hydrogen) atoms. The zero-order valence-electron chi connectivity index (χ0n) is 6.27. The number of aliphatic carboxylic acids is 1. The summed E-state index contributed by atoms with van der Waals surface area (Å²) in [5, 5.41) is 10.4. The molecule has 1 fully saturated rings. The highest BCUT2D eigenvalue weighted by molar-refractivity contribution is 8.23. The summed E-state index contributed by atoms with van der Waals surface area (Å²) in [4.78, 5) is 22.5. The Labute approximate surface area is 78.9 Å². The molecular weight excluding hydrogens is 198 g/mol. The normalized spacial score (nSPS) is 19.9. The van der Waals surface area contributed by atoms with Gasteiger partial charge in [0.2, 0.25) is 5.91 Å². The molecule has 1 heterocycles. The molecule has 0 aromatic carbocycles. The topological polar surface area (TPSA) is 60.4 Å². The zero-order valence-corrected chi connectivity index (χ0v) is 7.91. The summed E-state index contributed by atoms with van der Waals surface area (Å²) < 4.78 is 0.316. The lowest BCUT2D eigenvalue weighted by atomic mass is 10.3. The first kappa shape index (κ1) is 9.47. The lowest BCUT2D eigenvalue weighted by Crippen LogP contribution is -2.48. The van der Waals surface area contributed by atoms with E-state index in [4.69, 9.17) is 12.2 Å². The van der Waals surface area contributed by atoms with Crippen molar-refractivity contribution in [1.29, 1.82) is 0 Å². The third-order valence-electron chi connectivity index (χ3n) is 1.51. The maximum atomic E-state index is 11.1. The number of nitrogens with zero attached hydrogens (tertiary/aromatic N) is 1. The molecular formula is C6H6NO3S2-. The van der Waals surface area contributed by atoms with Crippen molar-refractivity contribution in [2.75, 3.05) is 5.75 Å². The minimum absolute atomic E-state index is 0.233. The van der Waals surface area contributed by atoms with Crippen LogP contribution in [0.15, 0.2) is 0 Å². The van der Waals surface area contributed by atoms with Crippen molar-refractivity contribution in [3.05, 3.63) is 0 Å². The van der Waals surface area contributed by atoms with Gasteiger partial charge < -0.3 is 9.90 Å². The highest BCUT2D eigenvalue weighted by atomic mass is 32.2. The van der Waals surface area contributed by atoms with Crippen molar-refractivity contribution in [1.82, 2.24) is 4.90 Å². The summed E-state index contributed by atoms with van der Waals surface area (Å²) in [6, 6.07) is -0.958. The number of carbonyl (C=O) groups is 2. The van der Waals surface area contributed by atoms with Gasteiger partial charge in [-0.05, 0) is 6.92 Å². The van der Waals surface area contributed by atoms with Crippen LogP contribution in [0.3, 0.4) is 0 Å². The molecule has 1 atom stereocenters. The molecule has 0 spiro atoms. The fourth-order valence-corrected chi connectivity index (χ4v) is 2.07. The first-order valence-corrected chi connectivity index (χ1v) is 4.63. The van der Waals surface area contributed by atoms with Crippen LogP contribution in [-0.4, -0.2) is 32.9 Å². The van der Waals surface area contributed by atoms with Gasteiger partial charge in [0.25, 0.3) is 0 Å². The number of carboxylic acid groups (broad SMARTS) is 1. The van der Waals surface area contributed by atoms with Crippen LogP contribution in [0.25, 0.3) is 0 Å². The van der Waals surface area contributed by atoms with Gasteiger partial charge in [-0.25, -0.2) is 0 Å². The van der Waals surface area contributed by atoms with E-state index in [-0.39, 0.29) is 11.7 Å². The molecule has 0 bridgehead atoms. The standard InChI is InChI=1S/C6H7NO3S2/c1-3(5(9)10)7-4(8)2-12-6(7)11/h3H,2H2,1H3,(H,9,10)/p-1/t3-/m0/s1. The lowest BCUT2D eigenvalue weighted by Gasteiger charge is -2.23. The van der Waals surface area contributed by atoms with Crippen LogP contribution in [0, 0.1) is 0 Å². The van der Waals surface area contributed by atoms with E-state index in [1.165, 1.54) is 18.7 Å². The zero-order chi connectivity index (χ0) is 9.30. The first-order valence-electron chi connectivity index (χ1n) is 3.23. The number of thioether (sulfide) groups is 1. The minimum atomic E-state index is -1.28. The van der Waals surface area contributed by atoms with Crippen molar-refractivity contribution in [3.63, 3.8) is 0 Å². The van der Waals surface area contributed by atoms with E-state index in [1.54, 1.807) is 0 Å². The summed E-state index contributed by atoms with van der Waals surface area (Å²) in [7, 11) is 0. The van der Waals surface area contributed by atoms with Gasteiger partial charge in [-0.1, -0.05) is 24.0 Å². The number of rotatable bonds is 2. The average Bonchev–Trinajstić information content (AvgIpc) is 2.30. The highest BCUT2D eigenvalue weighted by Gasteiger charge is 2.31. The maximum Gasteiger partial charge on any atom is 0.239 e. The number of carbonyl (C=O) groups excluding carboxylic acids is 2. The monoisotopic (exact) mass is 204 g/mol. The molecule has 1 aliphatic rings. The quantitative estimate of drug-likeness (QED) is 0.539. The van der Waals surface area contributed by atoms with Crippen LogP contribution in [-0.2, 0) is 9.59 Å². The molecule has 1 rings (SSSR count). The molecule has 0 aliphatic carbocycles. The Hall–Kier alpha value is -0.620. The molecule has 1 aliphatic heterocycles. The number of thiocarbonyl (C=S) groups is 1. The van der Waals surface area contributed by atoms with Gasteiger partial charge >= 0.3 is 0 Å². The summed E-state index contributed by atoms with van der Waals surface area (Å²) in [6.45, 7) is 1.38. The van der Waals surface area contributed by atoms with E-state index in [0.29, 0.717) is 4.32 Å². The van der Waals surface area contributed by atoms with Gasteiger partial charge in [0.15, 0.2) is 0 Å². The van der Waals surface area contributed by atoms with Crippen LogP contribution < -0.4 is 5.11 Å². The maximum absolute atomic E-state index is 11.1. The van der Waals surface area contributed by atoms with Crippen LogP contribution in [0.5, 0.6) is 0 Å². The van der Waals surface area contributed by atoms with Gasteiger partial charge in [0.1, 0.15) is 4.32 Å². The molecule has 0 unspecified atom stereocenters. The number of amides is 1. The van der Waals surface area contributed by atoms with Gasteiger partial charge in [-0.3, -0.25) is 9.69 Å². The second-order valence-electron chi connectivity index (χ2n) is 2.31. The Morgan fingerprint density at radius 2 is 2.42 bits per heavy atom. The number of carboxylic acids is 1. The fourth-order valence-electron chi connectivity index (χ4n) is 0.844. The number of hydrogen-bond donors (Lipinski definition) is 0. The van der Waals surface area contributed by atoms with Gasteiger partial charge in [0, 0.05) is 0 Å². The van der Waals surface area contributed by atoms with Gasteiger partial charge in [0.05, 0.1) is 17.8 Å².